The molecular weight excluding hydrogens is 1670 g/mol. The van der Waals surface area contributed by atoms with Crippen molar-refractivity contribution in [2.24, 2.45) is 29.1 Å². The van der Waals surface area contributed by atoms with Crippen molar-refractivity contribution in [3.63, 3.8) is 0 Å². The van der Waals surface area contributed by atoms with E-state index in [0.29, 0.717) is 108 Å². The van der Waals surface area contributed by atoms with Crippen LogP contribution in [0.2, 0.25) is 0 Å². The highest BCUT2D eigenvalue weighted by atomic mass is 33.1. The number of fused-ring (bicyclic) bond motifs is 7. The molecule has 2 saturated heterocycles. The Labute approximate surface area is 747 Å². The number of hydrogen-bond donors (Lipinski definition) is 11. The number of carbonyl (C=O) groups is 9. The fourth-order valence-electron chi connectivity index (χ4n) is 20.3. The summed E-state index contributed by atoms with van der Waals surface area (Å²) in [6.07, 6.45) is 5.86. The number of aromatic amines is 2. The van der Waals surface area contributed by atoms with E-state index in [1.807, 2.05) is 43.2 Å². The molecule has 690 valence electrons. The number of aromatic nitrogens is 5. The second-order valence-corrected chi connectivity index (χ2v) is 37.9. The summed E-state index contributed by atoms with van der Waals surface area (Å²) in [4.78, 5) is 161. The Balaban J connectivity index is 0.616. The number of likely N-dealkylation sites (N-methyl/N-ethyl adjacent to an activating group) is 1. The summed E-state index contributed by atoms with van der Waals surface area (Å²) >= 11 is 0. The number of aryl methyl sites for hydroxylation is 3. The van der Waals surface area contributed by atoms with E-state index in [2.05, 4.69) is 94.1 Å². The topological polar surface area (TPSA) is 455 Å². The van der Waals surface area contributed by atoms with Crippen LogP contribution in [0.25, 0.3) is 22.1 Å². The SMILES string of the molecule is CC[C@]1(O)C[C@H]2CN(CCc3c([nH]c4ccccc34)[C@@](C)(c3cc4c(cc3OC)N(C)[C@H]3[C@@](O)(C(=O)CNC(=O)OCCSSCC(CC(=O)[C@H](C)NC[C@H](C)CC(=O)[C@H](CNC(=O)CCOCCOCCOCCOC)NC(=O)CC[C@H](CC(=O)c5ccc(CCc6cnc7nc(C)[nH]c(=O)c7n6)cc5)C(=O)O)C(=O)O)[C@H](O)[C@]5(CC)C=CCN6CC[C@]43[C@@H]65)C2)C1. The number of methoxy groups -OCH3 is 2. The predicted octanol–water partition coefficient (Wildman–Crippen LogP) is 6.57. The Morgan fingerprint density at radius 3 is 2.21 bits per heavy atom. The Kier molecular flexibility index (Phi) is 32.9. The van der Waals surface area contributed by atoms with Gasteiger partial charge < -0.3 is 90.1 Å². The van der Waals surface area contributed by atoms with Gasteiger partial charge in [0.1, 0.15) is 36.1 Å². The number of amides is 3. The van der Waals surface area contributed by atoms with Crippen LogP contribution in [0.5, 0.6) is 5.75 Å². The lowest BCUT2D eigenvalue weighted by atomic mass is 9.47. The number of piperidine rings is 1. The molecule has 33 nitrogen and oxygen atoms in total. The number of carboxylic acids is 2. The molecule has 35 heteroatoms. The molecule has 8 heterocycles. The van der Waals surface area contributed by atoms with E-state index in [-0.39, 0.29) is 105 Å². The first-order valence-corrected chi connectivity index (χ1v) is 46.7. The van der Waals surface area contributed by atoms with Crippen LogP contribution in [-0.2, 0) is 87.3 Å². The molecule has 2 bridgehead atoms. The number of hydrogen-bond acceptors (Lipinski definition) is 28. The summed E-state index contributed by atoms with van der Waals surface area (Å²) in [5, 5.41) is 71.6. The van der Waals surface area contributed by atoms with Crippen molar-refractivity contribution in [1.29, 1.82) is 0 Å². The van der Waals surface area contributed by atoms with Gasteiger partial charge in [-0.1, -0.05) is 97.0 Å². The standard InChI is InChI=1S/C92H124N12O21S2/c1-10-89(118)47-59-46-88(6,79-65(25-30-103(52-59)54-89)64-15-12-13-16-68(64)101-79)67-44-66-70(45-74(67)121-9)102(7)85-91(66)28-31-104-29-14-27-90(11-2,84(91)104)86(116)92(85,119)75(108)51-96-87(117)125-39-40-126-127-53-62(83(114)115)43-71(105)56(4)93-48-55(3)41-73(107)69(50-94-76(109)26-32-122-35-36-124-38-37-123-34-33-120-8)100-77(110)24-22-61(82(112)113)42-72(106)60-20-17-58(18-21-60)19-23-63-49-95-80-78(99-63)81(111)98-57(5)97-80/h12-18,20-21,27,44-45,49,55-56,59,61-62,69,84-86,93,101,116,118-119H,10-11,19,22-26,28-43,46-48,50-54H2,1-9H3,(H,94,109)(H,96,117)(H,100,110)(H,112,113)(H,114,115)(H,95,97,98,111)/t55-,56+,59+,61-,62?,69+,84+,85-,86-,88-,89+,90-,91-,92+/m1/s1. The zero-order valence-corrected chi connectivity index (χ0v) is 75.7. The van der Waals surface area contributed by atoms with Crippen LogP contribution in [0.4, 0.5) is 10.5 Å². The van der Waals surface area contributed by atoms with Gasteiger partial charge in [0.15, 0.2) is 34.1 Å². The van der Waals surface area contributed by atoms with Crippen LogP contribution < -0.4 is 36.5 Å². The smallest absolute Gasteiger partial charge is 0.407 e. The molecule has 127 heavy (non-hydrogen) atoms. The number of H-pyrrole nitrogens is 2. The third-order valence-corrected chi connectivity index (χ3v) is 29.2. The molecule has 12 rings (SSSR count). The minimum Gasteiger partial charge on any atom is -0.496 e. The second-order valence-electron chi connectivity index (χ2n) is 35.3. The molecule has 5 aliphatic heterocycles. The number of nitrogens with one attached hydrogen (secondary N) is 6. The van der Waals surface area contributed by atoms with Gasteiger partial charge in [-0.25, -0.2) is 19.7 Å². The molecule has 1 saturated carbocycles. The summed E-state index contributed by atoms with van der Waals surface area (Å²) < 4.78 is 33.4. The lowest BCUT2D eigenvalue weighted by Crippen LogP contribution is -2.81. The molecule has 1 aliphatic carbocycles. The monoisotopic (exact) mass is 1800 g/mol. The van der Waals surface area contributed by atoms with Crippen LogP contribution in [0.1, 0.15) is 155 Å². The maximum Gasteiger partial charge on any atom is 0.407 e. The van der Waals surface area contributed by atoms with E-state index in [9.17, 15) is 68.7 Å². The van der Waals surface area contributed by atoms with Gasteiger partial charge in [0.2, 0.25) is 11.8 Å². The summed E-state index contributed by atoms with van der Waals surface area (Å²) in [7, 11) is 7.47. The number of benzene rings is 3. The van der Waals surface area contributed by atoms with Crippen molar-refractivity contribution in [2.75, 3.05) is 143 Å². The van der Waals surface area contributed by atoms with E-state index in [1.54, 1.807) is 65.5 Å². The number of Topliss-reactive ketones (excluding diaryl/α,β-unsaturated/α-hetero) is 4. The van der Waals surface area contributed by atoms with Gasteiger partial charge >= 0.3 is 18.0 Å². The van der Waals surface area contributed by atoms with E-state index < -0.39 is 147 Å². The largest absolute Gasteiger partial charge is 0.496 e. The van der Waals surface area contributed by atoms with E-state index in [0.717, 1.165) is 69.3 Å². The number of nitrogens with zero attached hydrogens (tertiary/aromatic N) is 6. The third-order valence-electron chi connectivity index (χ3n) is 26.8. The number of alkyl carbamates (subject to hydrolysis) is 1. The maximum absolute atomic E-state index is 15.4. The average Bonchev–Trinajstić information content (AvgIpc) is 1.49. The number of aliphatic carboxylic acids is 2. The number of carboxylic acid groups (broad SMARTS) is 2. The summed E-state index contributed by atoms with van der Waals surface area (Å²) in [5.74, 6) is -7.41. The number of para-hydroxylation sites is 1. The van der Waals surface area contributed by atoms with Crippen molar-refractivity contribution in [2.45, 2.75) is 184 Å². The van der Waals surface area contributed by atoms with E-state index >= 15 is 4.79 Å². The number of aliphatic hydroxyl groups excluding tert-OH is 1. The fraction of sp³-hybridized carbons (Fsp3) is 0.598. The molecule has 6 aromatic rings. The van der Waals surface area contributed by atoms with E-state index in [1.165, 1.54) is 16.4 Å². The van der Waals surface area contributed by atoms with Crippen molar-refractivity contribution in [3.05, 3.63) is 134 Å². The lowest BCUT2D eigenvalue weighted by molar-refractivity contribution is -0.201. The zero-order chi connectivity index (χ0) is 91.1. The molecule has 3 amide bonds. The Morgan fingerprint density at radius 1 is 0.764 bits per heavy atom. The summed E-state index contributed by atoms with van der Waals surface area (Å²) in [6.45, 7) is 15.7. The van der Waals surface area contributed by atoms with Gasteiger partial charge in [-0.05, 0) is 132 Å². The first kappa shape index (κ1) is 97.0. The van der Waals surface area contributed by atoms with Gasteiger partial charge in [0.05, 0.1) is 101 Å². The first-order valence-electron chi connectivity index (χ1n) is 44.2. The minimum atomic E-state index is -2.45. The lowest BCUT2D eigenvalue weighted by Gasteiger charge is -2.63. The van der Waals surface area contributed by atoms with Crippen LogP contribution in [0.3, 0.4) is 0 Å². The number of anilines is 1. The number of aliphatic hydroxyl groups is 3. The summed E-state index contributed by atoms with van der Waals surface area (Å²) in [5.41, 5.74) is 1.55. The molecule has 6 aliphatic rings. The number of rotatable bonds is 48. The Bertz CT molecular complexity index is 5040. The van der Waals surface area contributed by atoms with Gasteiger partial charge in [0, 0.05) is 152 Å². The zero-order valence-electron chi connectivity index (χ0n) is 74.1. The quantitative estimate of drug-likeness (QED) is 0.00833. The van der Waals surface area contributed by atoms with Gasteiger partial charge in [-0.2, -0.15) is 0 Å². The Morgan fingerprint density at radius 2 is 1.50 bits per heavy atom. The predicted molar refractivity (Wildman–Crippen MR) is 479 cm³/mol. The molecular formula is C92H124N12O21S2. The molecule has 1 spiro atoms. The molecule has 3 aromatic heterocycles. The normalized spacial score (nSPS) is 24.6. The Hall–Kier alpha value is -9.11. The van der Waals surface area contributed by atoms with Gasteiger partial charge in [-0.3, -0.25) is 53.0 Å². The highest BCUT2D eigenvalue weighted by molar-refractivity contribution is 8.76. The molecule has 11 N–H and O–H groups in total. The number of ether oxygens (including phenoxy) is 6. The van der Waals surface area contributed by atoms with Crippen LogP contribution >= 0.6 is 21.6 Å². The third kappa shape index (κ3) is 22.0. The van der Waals surface area contributed by atoms with Crippen molar-refractivity contribution >= 4 is 102 Å². The van der Waals surface area contributed by atoms with Gasteiger partial charge in [-0.15, -0.1) is 0 Å². The van der Waals surface area contributed by atoms with Crippen molar-refractivity contribution in [1.82, 2.24) is 56.0 Å². The van der Waals surface area contributed by atoms with Crippen LogP contribution in [0, 0.1) is 36.0 Å². The average molecular weight is 1800 g/mol. The van der Waals surface area contributed by atoms with Crippen LogP contribution in [-0.4, -0.2) is 293 Å². The minimum absolute atomic E-state index is 0.000326. The van der Waals surface area contributed by atoms with Crippen molar-refractivity contribution in [3.8, 4) is 5.75 Å². The highest BCUT2D eigenvalue weighted by Crippen LogP contribution is 2.68. The summed E-state index contributed by atoms with van der Waals surface area (Å²) in [6, 6.07) is 15.8. The van der Waals surface area contributed by atoms with Gasteiger partial charge in [0.25, 0.3) is 5.56 Å². The first-order chi connectivity index (χ1) is 60.8. The number of ketones is 4. The molecule has 15 atom stereocenters. The molecule has 2 unspecified atom stereocenters. The molecule has 3 aromatic carbocycles. The number of carbonyl (C=O) groups excluding carboxylic acids is 7. The maximum atomic E-state index is 15.4. The molecule has 3 fully saturated rings. The van der Waals surface area contributed by atoms with Crippen LogP contribution in [0.15, 0.2) is 83.8 Å². The molecule has 0 radical (unpaired) electrons. The fourth-order valence-corrected chi connectivity index (χ4v) is 22.4. The van der Waals surface area contributed by atoms with E-state index in [4.69, 9.17) is 28.4 Å². The second kappa shape index (κ2) is 43.1. The van der Waals surface area contributed by atoms with Crippen molar-refractivity contribution < 1.29 is 97.1 Å². The highest BCUT2D eigenvalue weighted by Gasteiger charge is 2.78.